The highest BCUT2D eigenvalue weighted by atomic mass is 16.5. The molecule has 2 rings (SSSR count). The molecule has 0 saturated carbocycles. The van der Waals surface area contributed by atoms with Crippen molar-refractivity contribution in [3.63, 3.8) is 0 Å². The summed E-state index contributed by atoms with van der Waals surface area (Å²) in [6, 6.07) is 5.30. The quantitative estimate of drug-likeness (QED) is 0.872. The van der Waals surface area contributed by atoms with Crippen molar-refractivity contribution in [3.8, 4) is 11.5 Å². The van der Waals surface area contributed by atoms with Gasteiger partial charge in [0, 0.05) is 6.07 Å². The highest BCUT2D eigenvalue weighted by molar-refractivity contribution is 5.56. The molecule has 7 heteroatoms. The smallest absolute Gasteiger partial charge is 0.220 e. The van der Waals surface area contributed by atoms with E-state index in [4.69, 9.17) is 15.2 Å². The highest BCUT2D eigenvalue weighted by Gasteiger charge is 2.08. The molecule has 0 atom stereocenters. The summed E-state index contributed by atoms with van der Waals surface area (Å²) in [7, 11) is 3.16. The third-order valence-electron chi connectivity index (χ3n) is 2.89. The molecule has 1 aromatic carbocycles. The lowest BCUT2D eigenvalue weighted by Gasteiger charge is -2.07. The van der Waals surface area contributed by atoms with E-state index in [1.54, 1.807) is 32.4 Å². The van der Waals surface area contributed by atoms with Crippen LogP contribution < -0.4 is 15.2 Å². The van der Waals surface area contributed by atoms with Gasteiger partial charge in [0.2, 0.25) is 5.95 Å². The second-order valence-corrected chi connectivity index (χ2v) is 4.34. The van der Waals surface area contributed by atoms with Crippen LogP contribution in [0.15, 0.2) is 28.4 Å². The van der Waals surface area contributed by atoms with Gasteiger partial charge in [0.25, 0.3) is 0 Å². The molecule has 0 unspecified atom stereocenters. The van der Waals surface area contributed by atoms with E-state index in [0.29, 0.717) is 34.3 Å². The van der Waals surface area contributed by atoms with Crippen LogP contribution in [0.1, 0.15) is 11.4 Å². The van der Waals surface area contributed by atoms with Gasteiger partial charge in [-0.3, -0.25) is 0 Å². The SMILES string of the molecule is COc1ccc(OC)c(N=Nc2c(C)nc(N)nc2C)c1. The first kappa shape index (κ1) is 14.7. The molecular weight excluding hydrogens is 270 g/mol. The molecule has 0 aliphatic carbocycles. The zero-order chi connectivity index (χ0) is 15.4. The Morgan fingerprint density at radius 2 is 1.67 bits per heavy atom. The number of hydrogen-bond acceptors (Lipinski definition) is 7. The standard InChI is InChI=1S/C14H17N5O2/c1-8-13(9(2)17-14(15)16-8)19-18-11-7-10(20-3)5-6-12(11)21-4/h5-7H,1-4H3,(H2,15,16,17). The van der Waals surface area contributed by atoms with Crippen LogP contribution in [0.5, 0.6) is 11.5 Å². The Bertz CT molecular complexity index is 662. The van der Waals surface area contributed by atoms with E-state index >= 15 is 0 Å². The summed E-state index contributed by atoms with van der Waals surface area (Å²) in [5.74, 6) is 1.50. The summed E-state index contributed by atoms with van der Waals surface area (Å²) >= 11 is 0. The predicted octanol–water partition coefficient (Wildman–Crippen LogP) is 3.11. The Hall–Kier alpha value is -2.70. The summed E-state index contributed by atoms with van der Waals surface area (Å²) in [5.41, 5.74) is 8.09. The van der Waals surface area contributed by atoms with Crippen LogP contribution in [-0.2, 0) is 0 Å². The number of azo groups is 1. The van der Waals surface area contributed by atoms with Crippen molar-refractivity contribution >= 4 is 17.3 Å². The number of hydrogen-bond donors (Lipinski definition) is 1. The van der Waals surface area contributed by atoms with Crippen LogP contribution in [0.2, 0.25) is 0 Å². The molecule has 0 radical (unpaired) electrons. The number of ether oxygens (including phenoxy) is 2. The van der Waals surface area contributed by atoms with Crippen molar-refractivity contribution < 1.29 is 9.47 Å². The van der Waals surface area contributed by atoms with Gasteiger partial charge in [-0.25, -0.2) is 9.97 Å². The molecule has 0 aliphatic rings. The second kappa shape index (κ2) is 6.17. The molecule has 0 saturated heterocycles. The Morgan fingerprint density at radius 1 is 1.00 bits per heavy atom. The normalized spacial score (nSPS) is 10.9. The minimum Gasteiger partial charge on any atom is -0.497 e. The lowest BCUT2D eigenvalue weighted by Crippen LogP contribution is -1.98. The molecule has 1 aromatic heterocycles. The van der Waals surface area contributed by atoms with Gasteiger partial charge >= 0.3 is 0 Å². The first-order valence-corrected chi connectivity index (χ1v) is 6.29. The van der Waals surface area contributed by atoms with Crippen LogP contribution in [0, 0.1) is 13.8 Å². The number of nitrogens with two attached hydrogens (primary N) is 1. The molecular formula is C14H17N5O2. The Balaban J connectivity index is 2.42. The van der Waals surface area contributed by atoms with E-state index < -0.39 is 0 Å². The molecule has 0 amide bonds. The third kappa shape index (κ3) is 3.25. The molecule has 1 heterocycles. The second-order valence-electron chi connectivity index (χ2n) is 4.34. The number of aryl methyl sites for hydroxylation is 2. The molecule has 7 nitrogen and oxygen atoms in total. The molecule has 2 N–H and O–H groups in total. The van der Waals surface area contributed by atoms with Crippen molar-refractivity contribution in [3.05, 3.63) is 29.6 Å². The molecule has 0 aliphatic heterocycles. The summed E-state index contributed by atoms with van der Waals surface area (Å²) in [6.45, 7) is 3.62. The van der Waals surface area contributed by atoms with E-state index in [1.807, 2.05) is 13.8 Å². The first-order chi connectivity index (χ1) is 10.0. The number of benzene rings is 1. The van der Waals surface area contributed by atoms with Crippen LogP contribution in [0.3, 0.4) is 0 Å². The summed E-state index contributed by atoms with van der Waals surface area (Å²) in [6.07, 6.45) is 0. The minimum absolute atomic E-state index is 0.225. The van der Waals surface area contributed by atoms with E-state index in [9.17, 15) is 0 Å². The maximum Gasteiger partial charge on any atom is 0.220 e. The molecule has 21 heavy (non-hydrogen) atoms. The average Bonchev–Trinajstić information content (AvgIpc) is 2.45. The maximum atomic E-state index is 5.59. The molecule has 110 valence electrons. The van der Waals surface area contributed by atoms with Crippen molar-refractivity contribution in [2.24, 2.45) is 10.2 Å². The fourth-order valence-electron chi connectivity index (χ4n) is 1.86. The van der Waals surface area contributed by atoms with Crippen molar-refractivity contribution in [1.29, 1.82) is 0 Å². The molecule has 0 fully saturated rings. The Morgan fingerprint density at radius 3 is 2.24 bits per heavy atom. The van der Waals surface area contributed by atoms with Crippen LogP contribution in [-0.4, -0.2) is 24.2 Å². The van der Waals surface area contributed by atoms with Gasteiger partial charge in [0.1, 0.15) is 22.9 Å². The van der Waals surface area contributed by atoms with Gasteiger partial charge in [-0.15, -0.1) is 10.2 Å². The lowest BCUT2D eigenvalue weighted by atomic mass is 10.3. The maximum absolute atomic E-state index is 5.59. The number of nitrogens with zero attached hydrogens (tertiary/aromatic N) is 4. The first-order valence-electron chi connectivity index (χ1n) is 6.29. The van der Waals surface area contributed by atoms with Gasteiger partial charge in [-0.2, -0.15) is 0 Å². The van der Waals surface area contributed by atoms with E-state index in [0.717, 1.165) is 0 Å². The van der Waals surface area contributed by atoms with Crippen molar-refractivity contribution in [2.45, 2.75) is 13.8 Å². The number of aromatic nitrogens is 2. The fraction of sp³-hybridized carbons (Fsp3) is 0.286. The largest absolute Gasteiger partial charge is 0.497 e. The molecule has 0 spiro atoms. The topological polar surface area (TPSA) is 95.0 Å². The Labute approximate surface area is 122 Å². The van der Waals surface area contributed by atoms with Crippen LogP contribution in [0.25, 0.3) is 0 Å². The van der Waals surface area contributed by atoms with Gasteiger partial charge in [0.05, 0.1) is 25.6 Å². The zero-order valence-electron chi connectivity index (χ0n) is 12.4. The zero-order valence-corrected chi connectivity index (χ0v) is 12.4. The van der Waals surface area contributed by atoms with Gasteiger partial charge < -0.3 is 15.2 Å². The summed E-state index contributed by atoms with van der Waals surface area (Å²) in [5, 5.41) is 8.42. The van der Waals surface area contributed by atoms with Crippen LogP contribution >= 0.6 is 0 Å². The molecule has 0 bridgehead atoms. The fourth-order valence-corrected chi connectivity index (χ4v) is 1.86. The molecule has 2 aromatic rings. The van der Waals surface area contributed by atoms with Crippen molar-refractivity contribution in [2.75, 3.05) is 20.0 Å². The summed E-state index contributed by atoms with van der Waals surface area (Å²) < 4.78 is 10.4. The van der Waals surface area contributed by atoms with Gasteiger partial charge in [-0.1, -0.05) is 0 Å². The third-order valence-corrected chi connectivity index (χ3v) is 2.89. The van der Waals surface area contributed by atoms with Crippen molar-refractivity contribution in [1.82, 2.24) is 9.97 Å². The average molecular weight is 287 g/mol. The van der Waals surface area contributed by atoms with E-state index in [-0.39, 0.29) is 5.95 Å². The van der Waals surface area contributed by atoms with Gasteiger partial charge in [0.15, 0.2) is 0 Å². The number of methoxy groups -OCH3 is 2. The lowest BCUT2D eigenvalue weighted by molar-refractivity contribution is 0.404. The number of anilines is 1. The van der Waals surface area contributed by atoms with Gasteiger partial charge in [-0.05, 0) is 26.0 Å². The highest BCUT2D eigenvalue weighted by Crippen LogP contribution is 2.33. The minimum atomic E-state index is 0.225. The van der Waals surface area contributed by atoms with E-state index in [2.05, 4.69) is 20.2 Å². The number of nitrogen functional groups attached to an aromatic ring is 1. The predicted molar refractivity (Wildman–Crippen MR) is 79.6 cm³/mol. The summed E-state index contributed by atoms with van der Waals surface area (Å²) in [4.78, 5) is 8.16. The Kier molecular flexibility index (Phi) is 4.32. The van der Waals surface area contributed by atoms with Crippen LogP contribution in [0.4, 0.5) is 17.3 Å². The monoisotopic (exact) mass is 287 g/mol. The number of rotatable bonds is 4. The van der Waals surface area contributed by atoms with E-state index in [1.165, 1.54) is 0 Å².